The highest BCUT2D eigenvalue weighted by atomic mass is 16.2. The minimum absolute atomic E-state index is 0.0353. The third kappa shape index (κ3) is 2.52. The molecule has 1 amide bonds. The number of nitrogens with one attached hydrogen (secondary N) is 2. The average molecular weight is 372 g/mol. The predicted molar refractivity (Wildman–Crippen MR) is 108 cm³/mol. The van der Waals surface area contributed by atoms with Crippen LogP contribution in [0.4, 0.5) is 0 Å². The summed E-state index contributed by atoms with van der Waals surface area (Å²) in [6, 6.07) is 17.9. The lowest BCUT2D eigenvalue weighted by Crippen LogP contribution is -2.69. The van der Waals surface area contributed by atoms with Crippen LogP contribution in [0.25, 0.3) is 11.1 Å². The molecule has 1 saturated carbocycles. The Balaban J connectivity index is 1.84. The summed E-state index contributed by atoms with van der Waals surface area (Å²) in [7, 11) is 1.68. The molecule has 1 heterocycles. The van der Waals surface area contributed by atoms with E-state index in [9.17, 15) is 10.1 Å². The number of amides is 1. The van der Waals surface area contributed by atoms with Crippen molar-refractivity contribution in [3.05, 3.63) is 59.7 Å². The molecule has 2 fully saturated rings. The van der Waals surface area contributed by atoms with E-state index in [2.05, 4.69) is 24.4 Å². The standard InChI is InChI=1S/C23H24N4O/c1-22(23(11-3-4-12-23)20(28)27(2)21(25)26-22)19-10-6-9-18(14-19)17-8-5-7-16(13-17)15-24/h5-10,13-14H,3-4,11-12H2,1-2H3,(H2,25,26). The molecule has 142 valence electrons. The molecule has 2 aromatic rings. The van der Waals surface area contributed by atoms with Crippen molar-refractivity contribution >= 4 is 11.9 Å². The average Bonchev–Trinajstić information content (AvgIpc) is 3.23. The number of nitrogens with zero attached hydrogens (tertiary/aromatic N) is 2. The lowest BCUT2D eigenvalue weighted by atomic mass is 9.63. The van der Waals surface area contributed by atoms with Crippen molar-refractivity contribution in [3.63, 3.8) is 0 Å². The number of rotatable bonds is 2. The Bertz CT molecular complexity index is 1000. The van der Waals surface area contributed by atoms with Crippen LogP contribution < -0.4 is 5.32 Å². The number of benzene rings is 2. The van der Waals surface area contributed by atoms with Gasteiger partial charge in [0.1, 0.15) is 0 Å². The van der Waals surface area contributed by atoms with Crippen LogP contribution in [0.3, 0.4) is 0 Å². The first-order valence-electron chi connectivity index (χ1n) is 9.67. The van der Waals surface area contributed by atoms with Crippen molar-refractivity contribution in [1.29, 1.82) is 10.7 Å². The molecule has 5 heteroatoms. The molecule has 1 spiro atoms. The molecule has 4 rings (SSSR count). The molecule has 1 atom stereocenters. The van der Waals surface area contributed by atoms with Gasteiger partial charge in [-0.05, 0) is 54.7 Å². The molecule has 1 saturated heterocycles. The van der Waals surface area contributed by atoms with Gasteiger partial charge in [0.05, 0.1) is 22.6 Å². The van der Waals surface area contributed by atoms with Crippen LogP contribution in [0.1, 0.15) is 43.7 Å². The second-order valence-corrected chi connectivity index (χ2v) is 8.03. The van der Waals surface area contributed by atoms with Gasteiger partial charge in [-0.1, -0.05) is 43.2 Å². The third-order valence-electron chi connectivity index (χ3n) is 6.60. The van der Waals surface area contributed by atoms with Crippen LogP contribution in [0, 0.1) is 22.2 Å². The highest BCUT2D eigenvalue weighted by molar-refractivity contribution is 6.02. The maximum Gasteiger partial charge on any atom is 0.237 e. The highest BCUT2D eigenvalue weighted by Crippen LogP contribution is 2.54. The Hall–Kier alpha value is -3.13. The fourth-order valence-corrected chi connectivity index (χ4v) is 4.90. The largest absolute Gasteiger partial charge is 0.346 e. The van der Waals surface area contributed by atoms with E-state index in [4.69, 9.17) is 5.41 Å². The number of carbonyl (C=O) groups is 1. The minimum atomic E-state index is -0.646. The van der Waals surface area contributed by atoms with E-state index in [-0.39, 0.29) is 11.9 Å². The molecule has 2 aliphatic rings. The molecular weight excluding hydrogens is 348 g/mol. The summed E-state index contributed by atoms with van der Waals surface area (Å²) in [5.41, 5.74) is 2.41. The van der Waals surface area contributed by atoms with Gasteiger partial charge >= 0.3 is 0 Å². The number of nitriles is 1. The Morgan fingerprint density at radius 1 is 1.11 bits per heavy atom. The highest BCUT2D eigenvalue weighted by Gasteiger charge is 2.60. The van der Waals surface area contributed by atoms with Crippen molar-refractivity contribution < 1.29 is 4.79 Å². The van der Waals surface area contributed by atoms with Crippen LogP contribution in [0.2, 0.25) is 0 Å². The SMILES string of the molecule is CN1C(=N)NC(C)(c2cccc(-c3cccc(C#N)c3)c2)C2(CCCC2)C1=O. The summed E-state index contributed by atoms with van der Waals surface area (Å²) in [5, 5.41) is 20.9. The monoisotopic (exact) mass is 372 g/mol. The first-order valence-corrected chi connectivity index (χ1v) is 9.67. The maximum atomic E-state index is 13.3. The smallest absolute Gasteiger partial charge is 0.237 e. The van der Waals surface area contributed by atoms with Gasteiger partial charge in [-0.2, -0.15) is 5.26 Å². The molecule has 2 N–H and O–H groups in total. The number of hydrogen-bond acceptors (Lipinski definition) is 3. The Morgan fingerprint density at radius 3 is 2.43 bits per heavy atom. The second kappa shape index (κ2) is 6.49. The van der Waals surface area contributed by atoms with Crippen molar-refractivity contribution in [2.75, 3.05) is 7.05 Å². The molecule has 1 aliphatic carbocycles. The lowest BCUT2D eigenvalue weighted by Gasteiger charge is -2.52. The van der Waals surface area contributed by atoms with Crippen LogP contribution >= 0.6 is 0 Å². The molecule has 0 aromatic heterocycles. The molecule has 2 aromatic carbocycles. The van der Waals surface area contributed by atoms with Gasteiger partial charge in [0.2, 0.25) is 5.91 Å². The maximum absolute atomic E-state index is 13.3. The van der Waals surface area contributed by atoms with E-state index in [0.717, 1.165) is 42.4 Å². The van der Waals surface area contributed by atoms with Crippen molar-refractivity contribution in [3.8, 4) is 17.2 Å². The van der Waals surface area contributed by atoms with E-state index in [1.54, 1.807) is 13.1 Å². The normalized spacial score (nSPS) is 23.5. The number of carbonyl (C=O) groups excluding carboxylic acids is 1. The summed E-state index contributed by atoms with van der Waals surface area (Å²) in [4.78, 5) is 14.7. The van der Waals surface area contributed by atoms with Crippen LogP contribution in [-0.4, -0.2) is 23.8 Å². The van der Waals surface area contributed by atoms with E-state index in [0.29, 0.717) is 5.56 Å². The zero-order chi connectivity index (χ0) is 19.9. The molecule has 0 radical (unpaired) electrons. The zero-order valence-electron chi connectivity index (χ0n) is 16.2. The lowest BCUT2D eigenvalue weighted by molar-refractivity contribution is -0.145. The van der Waals surface area contributed by atoms with E-state index < -0.39 is 11.0 Å². The minimum Gasteiger partial charge on any atom is -0.346 e. The van der Waals surface area contributed by atoms with Gasteiger partial charge in [0.25, 0.3) is 0 Å². The first kappa shape index (κ1) is 18.2. The van der Waals surface area contributed by atoms with Crippen molar-refractivity contribution in [2.45, 2.75) is 38.1 Å². The first-order chi connectivity index (χ1) is 13.4. The third-order valence-corrected chi connectivity index (χ3v) is 6.60. The second-order valence-electron chi connectivity index (χ2n) is 8.03. The van der Waals surface area contributed by atoms with Gasteiger partial charge in [-0.25, -0.2) is 0 Å². The Labute approximate surface area is 165 Å². The fourth-order valence-electron chi connectivity index (χ4n) is 4.90. The Morgan fingerprint density at radius 2 is 1.75 bits per heavy atom. The quantitative estimate of drug-likeness (QED) is 0.836. The van der Waals surface area contributed by atoms with E-state index in [1.165, 1.54) is 4.90 Å². The number of hydrogen-bond donors (Lipinski definition) is 2. The van der Waals surface area contributed by atoms with Gasteiger partial charge in [0, 0.05) is 7.05 Å². The molecule has 1 unspecified atom stereocenters. The topological polar surface area (TPSA) is 80.0 Å². The van der Waals surface area contributed by atoms with E-state index in [1.807, 2.05) is 36.4 Å². The molecule has 0 bridgehead atoms. The molecule has 1 aliphatic heterocycles. The van der Waals surface area contributed by atoms with Crippen LogP contribution in [0.5, 0.6) is 0 Å². The van der Waals surface area contributed by atoms with E-state index >= 15 is 0 Å². The van der Waals surface area contributed by atoms with Crippen LogP contribution in [0.15, 0.2) is 48.5 Å². The van der Waals surface area contributed by atoms with Crippen molar-refractivity contribution in [1.82, 2.24) is 10.2 Å². The summed E-state index contributed by atoms with van der Waals surface area (Å²) in [6.45, 7) is 2.06. The summed E-state index contributed by atoms with van der Waals surface area (Å²) in [6.07, 6.45) is 3.68. The molecule has 28 heavy (non-hydrogen) atoms. The molecular formula is C23H24N4O. The van der Waals surface area contributed by atoms with Crippen molar-refractivity contribution in [2.24, 2.45) is 5.41 Å². The fraction of sp³-hybridized carbons (Fsp3) is 0.348. The number of guanidine groups is 1. The van der Waals surface area contributed by atoms with Gasteiger partial charge in [0.15, 0.2) is 5.96 Å². The van der Waals surface area contributed by atoms with Gasteiger partial charge in [-0.3, -0.25) is 15.1 Å². The summed E-state index contributed by atoms with van der Waals surface area (Å²) >= 11 is 0. The van der Waals surface area contributed by atoms with Gasteiger partial charge in [-0.15, -0.1) is 0 Å². The predicted octanol–water partition coefficient (Wildman–Crippen LogP) is 4.00. The summed E-state index contributed by atoms with van der Waals surface area (Å²) < 4.78 is 0. The molecule has 5 nitrogen and oxygen atoms in total. The summed E-state index contributed by atoms with van der Waals surface area (Å²) in [5.74, 6) is 0.176. The Kier molecular flexibility index (Phi) is 4.23. The zero-order valence-corrected chi connectivity index (χ0v) is 16.2. The van der Waals surface area contributed by atoms with Crippen LogP contribution in [-0.2, 0) is 10.3 Å². The van der Waals surface area contributed by atoms with Gasteiger partial charge < -0.3 is 5.32 Å².